The van der Waals surface area contributed by atoms with Gasteiger partial charge >= 0.3 is 0 Å². The van der Waals surface area contributed by atoms with Gasteiger partial charge in [0, 0.05) is 19.2 Å². The summed E-state index contributed by atoms with van der Waals surface area (Å²) in [5.41, 5.74) is 7.61. The predicted molar refractivity (Wildman–Crippen MR) is 83.0 cm³/mol. The molecule has 3 N–H and O–H groups in total. The van der Waals surface area contributed by atoms with Gasteiger partial charge in [-0.15, -0.1) is 0 Å². The van der Waals surface area contributed by atoms with Crippen LogP contribution in [0.1, 0.15) is 40.7 Å². The van der Waals surface area contributed by atoms with Crippen LogP contribution in [0.4, 0.5) is 0 Å². The van der Waals surface area contributed by atoms with Gasteiger partial charge in [-0.3, -0.25) is 4.79 Å². The summed E-state index contributed by atoms with van der Waals surface area (Å²) in [4.78, 5) is 12.4. The van der Waals surface area contributed by atoms with E-state index in [1.165, 1.54) is 0 Å². The maximum Gasteiger partial charge on any atom is 0.252 e. The highest BCUT2D eigenvalue weighted by Crippen LogP contribution is 2.34. The van der Waals surface area contributed by atoms with Crippen LogP contribution in [-0.4, -0.2) is 31.7 Å². The van der Waals surface area contributed by atoms with Gasteiger partial charge < -0.3 is 15.8 Å². The van der Waals surface area contributed by atoms with Crippen molar-refractivity contribution < 1.29 is 9.53 Å². The molecule has 4 heteroatoms. The summed E-state index contributed by atoms with van der Waals surface area (Å²) in [5, 5.41) is 2.97. The molecule has 2 rings (SSSR count). The summed E-state index contributed by atoms with van der Waals surface area (Å²) in [5.74, 6) is 5.66. The van der Waals surface area contributed by atoms with Crippen LogP contribution >= 0.6 is 0 Å². The zero-order valence-electron chi connectivity index (χ0n) is 12.7. The molecular weight excluding hydrogens is 264 g/mol. The number of nitrogens with two attached hydrogens (primary N) is 1. The minimum Gasteiger partial charge on any atom is -0.376 e. The van der Waals surface area contributed by atoms with Crippen LogP contribution in [0.2, 0.25) is 0 Å². The molecular formula is C17H22N2O2. The average Bonchev–Trinajstić information content (AvgIpc) is 2.44. The molecule has 1 aromatic carbocycles. The third kappa shape index (κ3) is 3.63. The first kappa shape index (κ1) is 15.6. The fraction of sp³-hybridized carbons (Fsp3) is 0.471. The molecule has 1 fully saturated rings. The first-order chi connectivity index (χ1) is 10.1. The number of hydrogen-bond donors (Lipinski definition) is 2. The summed E-state index contributed by atoms with van der Waals surface area (Å²) in [6.07, 6.45) is 3.15. The molecule has 0 aliphatic heterocycles. The van der Waals surface area contributed by atoms with E-state index in [1.807, 2.05) is 25.1 Å². The Balaban J connectivity index is 2.11. The lowest BCUT2D eigenvalue weighted by Gasteiger charge is -2.40. The number of carbonyl (C=O) groups excluding carboxylic acids is 1. The van der Waals surface area contributed by atoms with Crippen molar-refractivity contribution in [2.75, 3.05) is 20.2 Å². The van der Waals surface area contributed by atoms with Crippen LogP contribution in [0.3, 0.4) is 0 Å². The Morgan fingerprint density at radius 1 is 1.48 bits per heavy atom. The Kier molecular flexibility index (Phi) is 5.00. The number of benzene rings is 1. The molecule has 21 heavy (non-hydrogen) atoms. The van der Waals surface area contributed by atoms with Crippen molar-refractivity contribution >= 4 is 5.91 Å². The monoisotopic (exact) mass is 286 g/mol. The molecule has 0 spiro atoms. The van der Waals surface area contributed by atoms with E-state index >= 15 is 0 Å². The van der Waals surface area contributed by atoms with Gasteiger partial charge in [0.05, 0.1) is 17.7 Å². The molecule has 4 nitrogen and oxygen atoms in total. The van der Waals surface area contributed by atoms with Gasteiger partial charge in [-0.2, -0.15) is 0 Å². The minimum atomic E-state index is -0.177. The Hall–Kier alpha value is -1.83. The topological polar surface area (TPSA) is 64.3 Å². The fourth-order valence-electron chi connectivity index (χ4n) is 2.47. The predicted octanol–water partition coefficient (Wildman–Crippen LogP) is 1.60. The van der Waals surface area contributed by atoms with Crippen molar-refractivity contribution in [2.45, 2.75) is 31.8 Å². The second-order valence-electron chi connectivity index (χ2n) is 5.48. The zero-order chi connectivity index (χ0) is 15.3. The van der Waals surface area contributed by atoms with E-state index in [2.05, 4.69) is 17.2 Å². The highest BCUT2D eigenvalue weighted by molar-refractivity contribution is 5.96. The molecule has 0 bridgehead atoms. The molecule has 1 aromatic rings. The molecule has 1 aliphatic rings. The second-order valence-corrected chi connectivity index (χ2v) is 5.48. The van der Waals surface area contributed by atoms with Crippen molar-refractivity contribution in [2.24, 2.45) is 5.73 Å². The van der Waals surface area contributed by atoms with Gasteiger partial charge in [0.25, 0.3) is 5.91 Å². The molecule has 0 unspecified atom stereocenters. The average molecular weight is 286 g/mol. The molecule has 1 aliphatic carbocycles. The highest BCUT2D eigenvalue weighted by atomic mass is 16.5. The van der Waals surface area contributed by atoms with Gasteiger partial charge in [-0.05, 0) is 43.9 Å². The summed E-state index contributed by atoms with van der Waals surface area (Å²) in [6, 6.07) is 5.64. The van der Waals surface area contributed by atoms with Crippen LogP contribution < -0.4 is 11.1 Å². The maximum absolute atomic E-state index is 12.4. The van der Waals surface area contributed by atoms with Crippen LogP contribution in [0, 0.1) is 18.8 Å². The summed E-state index contributed by atoms with van der Waals surface area (Å²) < 4.78 is 5.52. The third-order valence-corrected chi connectivity index (χ3v) is 4.01. The molecule has 1 amide bonds. The normalized spacial score (nSPS) is 15.6. The van der Waals surface area contributed by atoms with E-state index in [4.69, 9.17) is 10.5 Å². The smallest absolute Gasteiger partial charge is 0.252 e. The van der Waals surface area contributed by atoms with Crippen molar-refractivity contribution in [1.82, 2.24) is 5.32 Å². The number of amides is 1. The first-order valence-electron chi connectivity index (χ1n) is 7.23. The standard InChI is InChI=1S/C17H22N2O2/c1-13-6-7-15(14(11-13)5-3-10-18)16(20)19-12-17(21-2)8-4-9-17/h6-7,11H,4,8-10,12,18H2,1-2H3,(H,19,20). The number of methoxy groups -OCH3 is 1. The van der Waals surface area contributed by atoms with Gasteiger partial charge in [-0.1, -0.05) is 17.9 Å². The first-order valence-corrected chi connectivity index (χ1v) is 7.23. The maximum atomic E-state index is 12.4. The number of nitrogens with one attached hydrogen (secondary N) is 1. The molecule has 0 heterocycles. The van der Waals surface area contributed by atoms with Crippen molar-refractivity contribution in [3.05, 3.63) is 34.9 Å². The number of hydrogen-bond acceptors (Lipinski definition) is 3. The lowest BCUT2D eigenvalue weighted by Crippen LogP contribution is -2.49. The molecule has 112 valence electrons. The summed E-state index contributed by atoms with van der Waals surface area (Å²) in [7, 11) is 1.70. The van der Waals surface area contributed by atoms with E-state index in [9.17, 15) is 4.79 Å². The lowest BCUT2D eigenvalue weighted by molar-refractivity contribution is -0.0679. The molecule has 0 aromatic heterocycles. The van der Waals surface area contributed by atoms with Gasteiger partial charge in [-0.25, -0.2) is 0 Å². The molecule has 0 radical (unpaired) electrons. The van der Waals surface area contributed by atoms with Crippen molar-refractivity contribution in [3.8, 4) is 11.8 Å². The molecule has 0 atom stereocenters. The van der Waals surface area contributed by atoms with E-state index in [1.54, 1.807) is 7.11 Å². The number of ether oxygens (including phenoxy) is 1. The van der Waals surface area contributed by atoms with Crippen molar-refractivity contribution in [1.29, 1.82) is 0 Å². The van der Waals surface area contributed by atoms with Gasteiger partial charge in [0.1, 0.15) is 0 Å². The summed E-state index contributed by atoms with van der Waals surface area (Å²) in [6.45, 7) is 2.80. The van der Waals surface area contributed by atoms with Crippen LogP contribution in [0.5, 0.6) is 0 Å². The summed E-state index contributed by atoms with van der Waals surface area (Å²) >= 11 is 0. The van der Waals surface area contributed by atoms with E-state index in [-0.39, 0.29) is 18.1 Å². The molecule has 1 saturated carbocycles. The Morgan fingerprint density at radius 2 is 2.24 bits per heavy atom. The third-order valence-electron chi connectivity index (χ3n) is 4.01. The SMILES string of the molecule is COC1(CNC(=O)c2ccc(C)cc2C#CCN)CCC1. The number of aryl methyl sites for hydroxylation is 1. The number of carbonyl (C=O) groups is 1. The van der Waals surface area contributed by atoms with E-state index in [0.717, 1.165) is 30.4 Å². The Bertz CT molecular complexity index is 575. The van der Waals surface area contributed by atoms with E-state index < -0.39 is 0 Å². The zero-order valence-corrected chi connectivity index (χ0v) is 12.7. The highest BCUT2D eigenvalue weighted by Gasteiger charge is 2.37. The number of rotatable bonds is 4. The van der Waals surface area contributed by atoms with Crippen LogP contribution in [0.25, 0.3) is 0 Å². The quantitative estimate of drug-likeness (QED) is 0.826. The minimum absolute atomic E-state index is 0.111. The van der Waals surface area contributed by atoms with E-state index in [0.29, 0.717) is 12.1 Å². The van der Waals surface area contributed by atoms with Crippen LogP contribution in [0.15, 0.2) is 18.2 Å². The second kappa shape index (κ2) is 6.75. The Morgan fingerprint density at radius 3 is 2.81 bits per heavy atom. The van der Waals surface area contributed by atoms with Gasteiger partial charge in [0.2, 0.25) is 0 Å². The Labute approximate surface area is 126 Å². The lowest BCUT2D eigenvalue weighted by atomic mass is 9.80. The fourth-order valence-corrected chi connectivity index (χ4v) is 2.47. The van der Waals surface area contributed by atoms with Crippen molar-refractivity contribution in [3.63, 3.8) is 0 Å². The molecule has 0 saturated heterocycles. The van der Waals surface area contributed by atoms with Crippen LogP contribution in [-0.2, 0) is 4.74 Å². The largest absolute Gasteiger partial charge is 0.376 e. The van der Waals surface area contributed by atoms with Gasteiger partial charge in [0.15, 0.2) is 0 Å².